The maximum atomic E-state index is 12.9. The normalized spacial score (nSPS) is 30.2. The first-order valence-electron chi connectivity index (χ1n) is 3.89. The van der Waals surface area contributed by atoms with E-state index < -0.39 is 11.5 Å². The second kappa shape index (κ2) is 2.51. The van der Waals surface area contributed by atoms with Crippen LogP contribution in [0.5, 0.6) is 0 Å². The molecule has 13 heavy (non-hydrogen) atoms. The summed E-state index contributed by atoms with van der Waals surface area (Å²) in [5.74, 6) is -2.75. The molecule has 0 bridgehead atoms. The SMILES string of the molecule is NC1(c2ccccc2Br)CC1(F)F. The molecule has 0 spiro atoms. The summed E-state index contributed by atoms with van der Waals surface area (Å²) in [6.07, 6.45) is -0.261. The summed E-state index contributed by atoms with van der Waals surface area (Å²) in [5, 5.41) is 0. The van der Waals surface area contributed by atoms with Crippen molar-refractivity contribution in [1.29, 1.82) is 0 Å². The maximum Gasteiger partial charge on any atom is 0.272 e. The highest BCUT2D eigenvalue weighted by molar-refractivity contribution is 9.10. The lowest BCUT2D eigenvalue weighted by molar-refractivity contribution is 0.0889. The molecule has 0 aromatic heterocycles. The summed E-state index contributed by atoms with van der Waals surface area (Å²) < 4.78 is 26.4. The standard InChI is InChI=1S/C9H8BrF2N/c10-7-4-2-1-3-6(7)8(13)5-9(8,11)12/h1-4H,5,13H2. The Kier molecular flexibility index (Phi) is 1.76. The van der Waals surface area contributed by atoms with Crippen molar-refractivity contribution in [1.82, 2.24) is 0 Å². The summed E-state index contributed by atoms with van der Waals surface area (Å²) in [7, 11) is 0. The van der Waals surface area contributed by atoms with Gasteiger partial charge in [-0.05, 0) is 11.6 Å². The minimum atomic E-state index is -2.75. The number of rotatable bonds is 1. The lowest BCUT2D eigenvalue weighted by atomic mass is 10.1. The number of alkyl halides is 2. The fourth-order valence-corrected chi connectivity index (χ4v) is 2.06. The van der Waals surface area contributed by atoms with Gasteiger partial charge < -0.3 is 5.73 Å². The molecule has 1 aliphatic rings. The first-order chi connectivity index (χ1) is 5.97. The highest BCUT2D eigenvalue weighted by atomic mass is 79.9. The van der Waals surface area contributed by atoms with Gasteiger partial charge in [-0.2, -0.15) is 0 Å². The summed E-state index contributed by atoms with van der Waals surface area (Å²) in [6.45, 7) is 0. The Labute approximate surface area is 83.1 Å². The van der Waals surface area contributed by atoms with Gasteiger partial charge in [0.15, 0.2) is 0 Å². The Bertz CT molecular complexity index is 353. The zero-order valence-corrected chi connectivity index (χ0v) is 8.31. The third-order valence-electron chi connectivity index (χ3n) is 2.38. The van der Waals surface area contributed by atoms with Crippen LogP contribution in [0.2, 0.25) is 0 Å². The second-order valence-electron chi connectivity index (χ2n) is 3.33. The number of benzene rings is 1. The molecule has 1 saturated carbocycles. The van der Waals surface area contributed by atoms with E-state index in [-0.39, 0.29) is 6.42 Å². The summed E-state index contributed by atoms with van der Waals surface area (Å²) >= 11 is 3.21. The van der Waals surface area contributed by atoms with Gasteiger partial charge >= 0.3 is 0 Å². The van der Waals surface area contributed by atoms with Crippen LogP contribution in [0.3, 0.4) is 0 Å². The fraction of sp³-hybridized carbons (Fsp3) is 0.333. The quantitative estimate of drug-likeness (QED) is 0.812. The molecule has 0 heterocycles. The smallest absolute Gasteiger partial charge is 0.272 e. The highest BCUT2D eigenvalue weighted by Gasteiger charge is 2.70. The number of hydrogen-bond acceptors (Lipinski definition) is 1. The van der Waals surface area contributed by atoms with Gasteiger partial charge in [0.25, 0.3) is 5.92 Å². The van der Waals surface area contributed by atoms with Crippen LogP contribution >= 0.6 is 15.9 Å². The molecule has 1 nitrogen and oxygen atoms in total. The molecule has 0 amide bonds. The predicted molar refractivity (Wildman–Crippen MR) is 49.6 cm³/mol. The van der Waals surface area contributed by atoms with Gasteiger partial charge in [-0.1, -0.05) is 34.1 Å². The third kappa shape index (κ3) is 1.20. The number of halogens is 3. The van der Waals surface area contributed by atoms with Gasteiger partial charge in [-0.25, -0.2) is 8.78 Å². The first-order valence-corrected chi connectivity index (χ1v) is 4.68. The van der Waals surface area contributed by atoms with Crippen LogP contribution in [0, 0.1) is 0 Å². The molecule has 2 rings (SSSR count). The molecule has 2 N–H and O–H groups in total. The van der Waals surface area contributed by atoms with Crippen molar-refractivity contribution in [2.45, 2.75) is 17.9 Å². The van der Waals surface area contributed by atoms with E-state index in [1.807, 2.05) is 0 Å². The summed E-state index contributed by atoms with van der Waals surface area (Å²) in [5.41, 5.74) is 4.60. The minimum Gasteiger partial charge on any atom is -0.316 e. The van der Waals surface area contributed by atoms with Crippen molar-refractivity contribution < 1.29 is 8.78 Å². The van der Waals surface area contributed by atoms with Gasteiger partial charge in [0, 0.05) is 10.9 Å². The summed E-state index contributed by atoms with van der Waals surface area (Å²) in [6, 6.07) is 6.84. The molecule has 1 unspecified atom stereocenters. The topological polar surface area (TPSA) is 26.0 Å². The van der Waals surface area contributed by atoms with Crippen LogP contribution in [0.25, 0.3) is 0 Å². The van der Waals surface area contributed by atoms with Crippen LogP contribution in [0.15, 0.2) is 28.7 Å². The fourth-order valence-electron chi connectivity index (χ4n) is 1.42. The van der Waals surface area contributed by atoms with Crippen molar-refractivity contribution in [3.63, 3.8) is 0 Å². The van der Waals surface area contributed by atoms with Crippen LogP contribution < -0.4 is 5.73 Å². The first kappa shape index (κ1) is 9.09. The zero-order valence-electron chi connectivity index (χ0n) is 6.73. The van der Waals surface area contributed by atoms with Crippen molar-refractivity contribution in [3.8, 4) is 0 Å². The summed E-state index contributed by atoms with van der Waals surface area (Å²) in [4.78, 5) is 0. The van der Waals surface area contributed by atoms with Gasteiger partial charge in [-0.15, -0.1) is 0 Å². The van der Waals surface area contributed by atoms with E-state index in [0.717, 1.165) is 0 Å². The van der Waals surface area contributed by atoms with Gasteiger partial charge in [0.2, 0.25) is 0 Å². The molecule has 4 heteroatoms. The van der Waals surface area contributed by atoms with E-state index in [1.54, 1.807) is 24.3 Å². The van der Waals surface area contributed by atoms with Crippen LogP contribution in [0.1, 0.15) is 12.0 Å². The molecular weight excluding hydrogens is 240 g/mol. The molecule has 70 valence electrons. The molecular formula is C9H8BrF2N. The number of hydrogen-bond donors (Lipinski definition) is 1. The van der Waals surface area contributed by atoms with E-state index in [2.05, 4.69) is 15.9 Å². The molecule has 1 aromatic carbocycles. The Morgan fingerprint density at radius 1 is 1.31 bits per heavy atom. The Hall–Kier alpha value is -0.480. The molecule has 1 atom stereocenters. The lowest BCUT2D eigenvalue weighted by Gasteiger charge is -2.12. The molecule has 1 fully saturated rings. The van der Waals surface area contributed by atoms with Crippen molar-refractivity contribution >= 4 is 15.9 Å². The highest BCUT2D eigenvalue weighted by Crippen LogP contribution is 2.58. The third-order valence-corrected chi connectivity index (χ3v) is 3.07. The van der Waals surface area contributed by atoms with E-state index >= 15 is 0 Å². The number of nitrogens with two attached hydrogens (primary N) is 1. The Morgan fingerprint density at radius 2 is 1.85 bits per heavy atom. The second-order valence-corrected chi connectivity index (χ2v) is 4.19. The van der Waals surface area contributed by atoms with E-state index in [9.17, 15) is 8.78 Å². The molecule has 0 saturated heterocycles. The minimum absolute atomic E-state index is 0.261. The Balaban J connectivity index is 2.44. The molecule has 0 aliphatic heterocycles. The van der Waals surface area contributed by atoms with Gasteiger partial charge in [-0.3, -0.25) is 0 Å². The van der Waals surface area contributed by atoms with Gasteiger partial charge in [0.05, 0.1) is 0 Å². The van der Waals surface area contributed by atoms with Crippen molar-refractivity contribution in [2.24, 2.45) is 5.73 Å². The average Bonchev–Trinajstić information content (AvgIpc) is 2.53. The zero-order chi connectivity index (χ0) is 9.69. The average molecular weight is 248 g/mol. The molecule has 0 radical (unpaired) electrons. The molecule has 1 aliphatic carbocycles. The maximum absolute atomic E-state index is 12.9. The van der Waals surface area contributed by atoms with Gasteiger partial charge in [0.1, 0.15) is 5.54 Å². The Morgan fingerprint density at radius 3 is 2.31 bits per heavy atom. The van der Waals surface area contributed by atoms with Crippen molar-refractivity contribution in [3.05, 3.63) is 34.3 Å². The van der Waals surface area contributed by atoms with Crippen LogP contribution in [0.4, 0.5) is 8.78 Å². The van der Waals surface area contributed by atoms with E-state index in [4.69, 9.17) is 5.73 Å². The largest absolute Gasteiger partial charge is 0.316 e. The monoisotopic (exact) mass is 247 g/mol. The molecule has 1 aromatic rings. The van der Waals surface area contributed by atoms with E-state index in [1.165, 1.54) is 0 Å². The predicted octanol–water partition coefficient (Wildman–Crippen LogP) is 2.64. The van der Waals surface area contributed by atoms with Crippen molar-refractivity contribution in [2.75, 3.05) is 0 Å². The van der Waals surface area contributed by atoms with Crippen LogP contribution in [-0.4, -0.2) is 5.92 Å². The van der Waals surface area contributed by atoms with Crippen LogP contribution in [-0.2, 0) is 5.54 Å². The van der Waals surface area contributed by atoms with E-state index in [0.29, 0.717) is 10.0 Å². The lowest BCUT2D eigenvalue weighted by Crippen LogP contribution is -2.27.